The van der Waals surface area contributed by atoms with Gasteiger partial charge in [0.05, 0.1) is 57.2 Å². The van der Waals surface area contributed by atoms with E-state index in [0.717, 1.165) is 5.56 Å². The molecule has 7 nitrogen and oxygen atoms in total. The number of nitrogens with zero attached hydrogens (tertiary/aromatic N) is 1. The van der Waals surface area contributed by atoms with Gasteiger partial charge in [-0.2, -0.15) is 0 Å². The molecule has 1 heterocycles. The Hall–Kier alpha value is -3.48. The lowest BCUT2D eigenvalue weighted by Gasteiger charge is -2.19. The number of aromatic nitrogens is 1. The Morgan fingerprint density at radius 1 is 0.900 bits per heavy atom. The Morgan fingerprint density at radius 2 is 1.57 bits per heavy atom. The first kappa shape index (κ1) is 21.2. The molecule has 0 unspecified atom stereocenters. The second-order valence-corrected chi connectivity index (χ2v) is 6.43. The van der Waals surface area contributed by atoms with E-state index in [2.05, 4.69) is 4.98 Å². The van der Waals surface area contributed by atoms with Crippen molar-refractivity contribution in [2.75, 3.05) is 35.0 Å². The van der Waals surface area contributed by atoms with Crippen molar-refractivity contribution in [3.63, 3.8) is 0 Å². The lowest BCUT2D eigenvalue weighted by atomic mass is 9.93. The van der Waals surface area contributed by atoms with Gasteiger partial charge in [-0.3, -0.25) is 4.98 Å². The minimum absolute atomic E-state index is 0.247. The molecule has 0 radical (unpaired) electrons. The first-order valence-electron chi connectivity index (χ1n) is 9.45. The summed E-state index contributed by atoms with van der Waals surface area (Å²) in [5, 5.41) is 0.651. The molecule has 0 bridgehead atoms. The van der Waals surface area contributed by atoms with Crippen molar-refractivity contribution in [1.29, 1.82) is 0 Å². The highest BCUT2D eigenvalue weighted by atomic mass is 16.5. The van der Waals surface area contributed by atoms with Crippen LogP contribution < -0.4 is 18.9 Å². The van der Waals surface area contributed by atoms with Crippen LogP contribution in [0.25, 0.3) is 22.0 Å². The fraction of sp³-hybridized carbons (Fsp3) is 0.304. The molecule has 3 rings (SSSR count). The van der Waals surface area contributed by atoms with Crippen molar-refractivity contribution in [3.05, 3.63) is 41.6 Å². The van der Waals surface area contributed by atoms with Crippen LogP contribution in [0.3, 0.4) is 0 Å². The van der Waals surface area contributed by atoms with Gasteiger partial charge in [0.15, 0.2) is 23.0 Å². The van der Waals surface area contributed by atoms with Gasteiger partial charge in [0.2, 0.25) is 0 Å². The van der Waals surface area contributed by atoms with E-state index in [1.54, 1.807) is 54.4 Å². The molecule has 0 saturated carbocycles. The Morgan fingerprint density at radius 3 is 2.17 bits per heavy atom. The summed E-state index contributed by atoms with van der Waals surface area (Å²) in [5.74, 6) is 1.68. The topological polar surface area (TPSA) is 76.1 Å². The fourth-order valence-electron chi connectivity index (χ4n) is 3.53. The van der Waals surface area contributed by atoms with Gasteiger partial charge in [0, 0.05) is 5.56 Å². The molecule has 0 spiro atoms. The summed E-state index contributed by atoms with van der Waals surface area (Å²) in [6.07, 6.45) is 0. The molecule has 0 fully saturated rings. The molecule has 0 atom stereocenters. The molecule has 3 aromatic rings. The van der Waals surface area contributed by atoms with E-state index in [-0.39, 0.29) is 6.61 Å². The van der Waals surface area contributed by atoms with Gasteiger partial charge in [0.1, 0.15) is 0 Å². The zero-order chi connectivity index (χ0) is 21.8. The minimum Gasteiger partial charge on any atom is -0.493 e. The van der Waals surface area contributed by atoms with E-state index < -0.39 is 5.97 Å². The number of carbonyl (C=O) groups excluding carboxylic acids is 1. The van der Waals surface area contributed by atoms with Crippen LogP contribution in [-0.4, -0.2) is 46.0 Å². The van der Waals surface area contributed by atoms with Crippen LogP contribution in [0.5, 0.6) is 23.0 Å². The molecule has 1 aromatic heterocycles. The summed E-state index contributed by atoms with van der Waals surface area (Å²) < 4.78 is 27.3. The maximum absolute atomic E-state index is 12.9. The number of hydrogen-bond donors (Lipinski definition) is 0. The fourth-order valence-corrected chi connectivity index (χ4v) is 3.53. The van der Waals surface area contributed by atoms with Crippen molar-refractivity contribution in [2.24, 2.45) is 0 Å². The molecule has 30 heavy (non-hydrogen) atoms. The van der Waals surface area contributed by atoms with Crippen LogP contribution in [0.1, 0.15) is 23.0 Å². The van der Waals surface area contributed by atoms with E-state index in [9.17, 15) is 4.79 Å². The third-order valence-electron chi connectivity index (χ3n) is 4.83. The van der Waals surface area contributed by atoms with Gasteiger partial charge in [-0.25, -0.2) is 4.79 Å². The summed E-state index contributed by atoms with van der Waals surface area (Å²) >= 11 is 0. The molecule has 2 aromatic carbocycles. The highest BCUT2D eigenvalue weighted by molar-refractivity contribution is 6.10. The molecular weight excluding hydrogens is 386 g/mol. The van der Waals surface area contributed by atoms with Gasteiger partial charge in [-0.1, -0.05) is 6.07 Å². The van der Waals surface area contributed by atoms with Crippen LogP contribution >= 0.6 is 0 Å². The van der Waals surface area contributed by atoms with Gasteiger partial charge in [-0.05, 0) is 43.7 Å². The number of hydrogen-bond acceptors (Lipinski definition) is 7. The number of carbonyl (C=O) groups is 1. The van der Waals surface area contributed by atoms with E-state index >= 15 is 0 Å². The van der Waals surface area contributed by atoms with Crippen molar-refractivity contribution >= 4 is 16.9 Å². The zero-order valence-electron chi connectivity index (χ0n) is 18.0. The normalized spacial score (nSPS) is 10.6. The molecule has 7 heteroatoms. The molecule has 0 aliphatic carbocycles. The summed E-state index contributed by atoms with van der Waals surface area (Å²) in [6.45, 7) is 3.80. The Labute approximate surface area is 175 Å². The maximum atomic E-state index is 12.9. The average Bonchev–Trinajstić information content (AvgIpc) is 2.76. The van der Waals surface area contributed by atoms with E-state index in [4.69, 9.17) is 23.7 Å². The lowest BCUT2D eigenvalue weighted by molar-refractivity contribution is 0.0526. The third kappa shape index (κ3) is 3.58. The van der Waals surface area contributed by atoms with Crippen molar-refractivity contribution in [1.82, 2.24) is 4.98 Å². The van der Waals surface area contributed by atoms with E-state index in [1.165, 1.54) is 0 Å². The van der Waals surface area contributed by atoms with Crippen molar-refractivity contribution in [2.45, 2.75) is 13.8 Å². The summed E-state index contributed by atoms with van der Waals surface area (Å²) in [4.78, 5) is 17.6. The third-order valence-corrected chi connectivity index (χ3v) is 4.83. The number of methoxy groups -OCH3 is 4. The van der Waals surface area contributed by atoms with Crippen LogP contribution in [-0.2, 0) is 4.74 Å². The van der Waals surface area contributed by atoms with Gasteiger partial charge >= 0.3 is 5.97 Å². The van der Waals surface area contributed by atoms with Gasteiger partial charge in [0.25, 0.3) is 0 Å². The highest BCUT2D eigenvalue weighted by Gasteiger charge is 2.25. The smallest absolute Gasteiger partial charge is 0.340 e. The quantitative estimate of drug-likeness (QED) is 0.533. The first-order valence-corrected chi connectivity index (χ1v) is 9.45. The molecule has 0 aliphatic rings. The predicted molar refractivity (Wildman–Crippen MR) is 114 cm³/mol. The number of rotatable bonds is 7. The van der Waals surface area contributed by atoms with E-state index in [0.29, 0.717) is 50.7 Å². The van der Waals surface area contributed by atoms with Gasteiger partial charge < -0.3 is 23.7 Å². The molecule has 0 aliphatic heterocycles. The Bertz CT molecular complexity index is 1090. The minimum atomic E-state index is -0.459. The molecule has 0 amide bonds. The number of benzene rings is 2. The zero-order valence-corrected chi connectivity index (χ0v) is 18.0. The summed E-state index contributed by atoms with van der Waals surface area (Å²) in [6, 6.07) is 9.09. The number of esters is 1. The second-order valence-electron chi connectivity index (χ2n) is 6.43. The standard InChI is InChI=1S/C23H25NO6/c1-7-30-23(25)19-13(2)24-15-9-11-17(27-4)22(29-6)21(15)20(19)14-8-10-16(26-3)18(12-14)28-5/h8-12H,7H2,1-6H3. The Kier molecular flexibility index (Phi) is 6.30. The number of fused-ring (bicyclic) bond motifs is 1. The SMILES string of the molecule is CCOC(=O)c1c(C)nc2ccc(OC)c(OC)c2c1-c1ccc(OC)c(OC)c1. The largest absolute Gasteiger partial charge is 0.493 e. The van der Waals surface area contributed by atoms with Crippen LogP contribution in [0.4, 0.5) is 0 Å². The summed E-state index contributed by atoms with van der Waals surface area (Å²) in [5.41, 5.74) is 2.95. The summed E-state index contributed by atoms with van der Waals surface area (Å²) in [7, 11) is 6.25. The van der Waals surface area contributed by atoms with E-state index in [1.807, 2.05) is 18.2 Å². The molecular formula is C23H25NO6. The van der Waals surface area contributed by atoms with Crippen molar-refractivity contribution < 1.29 is 28.5 Å². The molecule has 0 saturated heterocycles. The predicted octanol–water partition coefficient (Wildman–Crippen LogP) is 4.42. The number of pyridine rings is 1. The monoisotopic (exact) mass is 411 g/mol. The lowest BCUT2D eigenvalue weighted by Crippen LogP contribution is -2.11. The second kappa shape index (κ2) is 8.90. The molecule has 0 N–H and O–H groups in total. The maximum Gasteiger partial charge on any atom is 0.340 e. The van der Waals surface area contributed by atoms with Crippen LogP contribution in [0.15, 0.2) is 30.3 Å². The average molecular weight is 411 g/mol. The first-order chi connectivity index (χ1) is 14.5. The van der Waals surface area contributed by atoms with Gasteiger partial charge in [-0.15, -0.1) is 0 Å². The van der Waals surface area contributed by atoms with Crippen LogP contribution in [0.2, 0.25) is 0 Å². The Balaban J connectivity index is 2.49. The number of ether oxygens (including phenoxy) is 5. The molecule has 158 valence electrons. The highest BCUT2D eigenvalue weighted by Crippen LogP contribution is 2.44. The number of aryl methyl sites for hydroxylation is 1. The van der Waals surface area contributed by atoms with Crippen molar-refractivity contribution in [3.8, 4) is 34.1 Å². The van der Waals surface area contributed by atoms with Crippen LogP contribution in [0, 0.1) is 6.92 Å².